The van der Waals surface area contributed by atoms with Gasteiger partial charge in [0.15, 0.2) is 0 Å². The van der Waals surface area contributed by atoms with Crippen molar-refractivity contribution in [3.63, 3.8) is 0 Å². The third-order valence-corrected chi connectivity index (χ3v) is 8.71. The fourth-order valence-electron chi connectivity index (χ4n) is 6.25. The van der Waals surface area contributed by atoms with Gasteiger partial charge in [-0.25, -0.2) is 4.90 Å². The summed E-state index contributed by atoms with van der Waals surface area (Å²) in [6.07, 6.45) is 4.81. The van der Waals surface area contributed by atoms with E-state index in [-0.39, 0.29) is 18.0 Å². The number of hydrogen-bond donors (Lipinski definition) is 1. The monoisotopic (exact) mass is 531 g/mol. The van der Waals surface area contributed by atoms with Gasteiger partial charge in [-0.15, -0.1) is 0 Å². The van der Waals surface area contributed by atoms with E-state index in [9.17, 15) is 9.90 Å². The van der Waals surface area contributed by atoms with E-state index in [2.05, 4.69) is 14.7 Å². The summed E-state index contributed by atoms with van der Waals surface area (Å²) in [7, 11) is 0. The number of benzene rings is 2. The Morgan fingerprint density at radius 2 is 1.67 bits per heavy atom. The van der Waals surface area contributed by atoms with Crippen molar-refractivity contribution in [3.05, 3.63) is 69.7 Å². The number of halogens is 2. The molecule has 0 spiro atoms. The van der Waals surface area contributed by atoms with Crippen molar-refractivity contribution in [3.8, 4) is 0 Å². The molecule has 1 aliphatic carbocycles. The Hall–Kier alpha value is -1.67. The molecule has 2 aromatic carbocycles. The number of piperazine rings is 1. The summed E-state index contributed by atoms with van der Waals surface area (Å²) in [5.74, 6) is 0.105. The third-order valence-electron chi connectivity index (χ3n) is 7.97. The van der Waals surface area contributed by atoms with E-state index < -0.39 is 6.41 Å². The second kappa shape index (κ2) is 11.8. The SMILES string of the molecule is O=C(Cc1ccc(Cl)c(Cl)c1)N1CCN(C(O)OCc2ccccc2)[C@@H]2CCC[C@@H](N3CCCC3)[C@@H]21. The molecule has 3 aliphatic rings. The lowest BCUT2D eigenvalue weighted by Crippen LogP contribution is -2.70. The van der Waals surface area contributed by atoms with Crippen LogP contribution in [0, 0.1) is 0 Å². The van der Waals surface area contributed by atoms with Gasteiger partial charge in [0.1, 0.15) is 0 Å². The van der Waals surface area contributed by atoms with Crippen LogP contribution in [0.3, 0.4) is 0 Å². The summed E-state index contributed by atoms with van der Waals surface area (Å²) < 4.78 is 5.93. The molecule has 0 radical (unpaired) electrons. The fourth-order valence-corrected chi connectivity index (χ4v) is 6.57. The van der Waals surface area contributed by atoms with Gasteiger partial charge in [-0.05, 0) is 62.0 Å². The summed E-state index contributed by atoms with van der Waals surface area (Å²) in [6, 6.07) is 15.7. The maximum absolute atomic E-state index is 13.7. The van der Waals surface area contributed by atoms with Gasteiger partial charge < -0.3 is 14.7 Å². The first-order chi connectivity index (χ1) is 17.5. The quantitative estimate of drug-likeness (QED) is 0.530. The van der Waals surface area contributed by atoms with E-state index in [1.54, 1.807) is 12.1 Å². The standard InChI is InChI=1S/C28H35Cl2N3O3/c29-22-12-11-21(17-23(22)30)18-26(34)33-16-15-32(28(35)36-19-20-7-2-1-3-8-20)25-10-6-9-24(27(25)33)31-13-4-5-14-31/h1-3,7-8,11-12,17,24-25,27-28,35H,4-6,9-10,13-16,18-19H2/t24-,25-,27+,28?/m1/s1. The van der Waals surface area contributed by atoms with E-state index >= 15 is 0 Å². The predicted molar refractivity (Wildman–Crippen MR) is 142 cm³/mol. The second-order valence-electron chi connectivity index (χ2n) is 10.2. The molecule has 1 amide bonds. The lowest BCUT2D eigenvalue weighted by Gasteiger charge is -2.55. The van der Waals surface area contributed by atoms with E-state index in [4.69, 9.17) is 27.9 Å². The molecule has 2 aromatic rings. The maximum Gasteiger partial charge on any atom is 0.227 e. The summed E-state index contributed by atoms with van der Waals surface area (Å²) in [5, 5.41) is 12.1. The van der Waals surface area contributed by atoms with Gasteiger partial charge in [0.05, 0.1) is 29.1 Å². The average Bonchev–Trinajstić information content (AvgIpc) is 3.44. The molecule has 3 fully saturated rings. The summed E-state index contributed by atoms with van der Waals surface area (Å²) in [4.78, 5) is 20.4. The van der Waals surface area contributed by atoms with Gasteiger partial charge in [0.2, 0.25) is 12.3 Å². The van der Waals surface area contributed by atoms with Crippen LogP contribution in [0.15, 0.2) is 48.5 Å². The molecule has 2 saturated heterocycles. The van der Waals surface area contributed by atoms with Gasteiger partial charge in [0, 0.05) is 25.2 Å². The van der Waals surface area contributed by atoms with Gasteiger partial charge in [-0.3, -0.25) is 9.69 Å². The largest absolute Gasteiger partial charge is 0.356 e. The molecule has 0 aromatic heterocycles. The Labute approximate surface area is 223 Å². The first-order valence-electron chi connectivity index (χ1n) is 13.1. The van der Waals surface area contributed by atoms with Crippen molar-refractivity contribution < 1.29 is 14.6 Å². The predicted octanol–water partition coefficient (Wildman–Crippen LogP) is 4.56. The number of rotatable bonds is 7. The lowest BCUT2D eigenvalue weighted by atomic mass is 9.81. The molecule has 6 nitrogen and oxygen atoms in total. The minimum atomic E-state index is -0.998. The Bertz CT molecular complexity index is 1030. The Morgan fingerprint density at radius 3 is 2.42 bits per heavy atom. The summed E-state index contributed by atoms with van der Waals surface area (Å²) in [6.45, 7) is 3.66. The van der Waals surface area contributed by atoms with Crippen LogP contribution in [0.5, 0.6) is 0 Å². The van der Waals surface area contributed by atoms with Crippen LogP contribution >= 0.6 is 23.2 Å². The van der Waals surface area contributed by atoms with Crippen LogP contribution in [-0.4, -0.2) is 76.4 Å². The fraction of sp³-hybridized carbons (Fsp3) is 0.536. The number of fused-ring (bicyclic) bond motifs is 1. The minimum absolute atomic E-state index is 0.0239. The van der Waals surface area contributed by atoms with Gasteiger partial charge in [-0.1, -0.05) is 66.0 Å². The summed E-state index contributed by atoms with van der Waals surface area (Å²) >= 11 is 12.3. The first kappa shape index (κ1) is 26.0. The minimum Gasteiger partial charge on any atom is -0.356 e. The van der Waals surface area contributed by atoms with Crippen LogP contribution < -0.4 is 0 Å². The highest BCUT2D eigenvalue weighted by Gasteiger charge is 2.48. The molecule has 8 heteroatoms. The smallest absolute Gasteiger partial charge is 0.227 e. The van der Waals surface area contributed by atoms with Crippen LogP contribution in [0.4, 0.5) is 0 Å². The van der Waals surface area contributed by atoms with E-state index in [0.717, 1.165) is 43.5 Å². The zero-order valence-electron chi connectivity index (χ0n) is 20.6. The number of ether oxygens (including phenoxy) is 1. The number of carbonyl (C=O) groups excluding carboxylic acids is 1. The molecule has 4 atom stereocenters. The number of carbonyl (C=O) groups is 1. The number of hydrogen-bond acceptors (Lipinski definition) is 5. The molecule has 2 heterocycles. The molecular formula is C28H35Cl2N3O3. The highest BCUT2D eigenvalue weighted by atomic mass is 35.5. The normalized spacial score (nSPS) is 26.1. The molecule has 1 saturated carbocycles. The Kier molecular flexibility index (Phi) is 8.51. The Morgan fingerprint density at radius 1 is 0.917 bits per heavy atom. The molecule has 0 bridgehead atoms. The second-order valence-corrected chi connectivity index (χ2v) is 11.0. The van der Waals surface area contributed by atoms with Gasteiger partial charge in [0.25, 0.3) is 0 Å². The zero-order chi connectivity index (χ0) is 25.1. The Balaban J connectivity index is 1.35. The number of nitrogens with zero attached hydrogens (tertiary/aromatic N) is 3. The molecular weight excluding hydrogens is 497 g/mol. The molecule has 194 valence electrons. The molecule has 36 heavy (non-hydrogen) atoms. The maximum atomic E-state index is 13.7. The lowest BCUT2D eigenvalue weighted by molar-refractivity contribution is -0.235. The molecule has 2 aliphatic heterocycles. The van der Waals surface area contributed by atoms with E-state index in [0.29, 0.717) is 42.2 Å². The van der Waals surface area contributed by atoms with E-state index in [1.807, 2.05) is 36.4 Å². The molecule has 5 rings (SSSR count). The van der Waals surface area contributed by atoms with Crippen LogP contribution in [0.25, 0.3) is 0 Å². The van der Waals surface area contributed by atoms with Crippen molar-refractivity contribution in [1.29, 1.82) is 0 Å². The number of amides is 1. The molecule has 1 unspecified atom stereocenters. The topological polar surface area (TPSA) is 56.3 Å². The van der Waals surface area contributed by atoms with E-state index in [1.165, 1.54) is 12.8 Å². The van der Waals surface area contributed by atoms with Crippen molar-refractivity contribution in [1.82, 2.24) is 14.7 Å². The summed E-state index contributed by atoms with van der Waals surface area (Å²) in [5.41, 5.74) is 1.90. The van der Waals surface area contributed by atoms with Crippen LogP contribution in [0.2, 0.25) is 10.0 Å². The highest BCUT2D eigenvalue weighted by molar-refractivity contribution is 6.42. The number of aliphatic hydroxyl groups is 1. The number of aliphatic hydroxyl groups excluding tert-OH is 1. The average molecular weight is 533 g/mol. The zero-order valence-corrected chi connectivity index (χ0v) is 22.1. The first-order valence-corrected chi connectivity index (χ1v) is 13.8. The van der Waals surface area contributed by atoms with Gasteiger partial charge in [-0.2, -0.15) is 0 Å². The molecule has 1 N–H and O–H groups in total. The van der Waals surface area contributed by atoms with Crippen molar-refractivity contribution in [2.45, 2.75) is 69.7 Å². The highest BCUT2D eigenvalue weighted by Crippen LogP contribution is 2.36. The third kappa shape index (κ3) is 5.74. The van der Waals surface area contributed by atoms with Crippen molar-refractivity contribution >= 4 is 29.1 Å². The van der Waals surface area contributed by atoms with Crippen molar-refractivity contribution in [2.24, 2.45) is 0 Å². The van der Waals surface area contributed by atoms with Gasteiger partial charge >= 0.3 is 0 Å². The van der Waals surface area contributed by atoms with Crippen LogP contribution in [-0.2, 0) is 22.6 Å². The number of likely N-dealkylation sites (tertiary alicyclic amines) is 1. The van der Waals surface area contributed by atoms with Crippen LogP contribution in [0.1, 0.15) is 43.2 Å². The van der Waals surface area contributed by atoms with Crippen molar-refractivity contribution in [2.75, 3.05) is 26.2 Å².